The largest absolute Gasteiger partial charge is 0.396 e. The molecule has 0 rings (SSSR count). The molecular weight excluding hydrogens is 188 g/mol. The van der Waals surface area contributed by atoms with Gasteiger partial charge in [-0.25, -0.2) is 0 Å². The first-order valence-corrected chi connectivity index (χ1v) is 4.78. The molecule has 0 radical (unpaired) electrons. The Labute approximate surface area is 83.6 Å². The van der Waals surface area contributed by atoms with E-state index in [1.807, 2.05) is 0 Å². The molecule has 0 bridgehead atoms. The van der Waals surface area contributed by atoms with Crippen LogP contribution in [0, 0.1) is 5.92 Å². The Morgan fingerprint density at radius 3 is 1.79 bits per heavy atom. The predicted molar refractivity (Wildman–Crippen MR) is 50.6 cm³/mol. The average Bonchev–Trinajstić information content (AvgIpc) is 2.23. The summed E-state index contributed by atoms with van der Waals surface area (Å²) >= 11 is 0. The van der Waals surface area contributed by atoms with E-state index in [0.717, 1.165) is 0 Å². The minimum Gasteiger partial charge on any atom is -0.396 e. The van der Waals surface area contributed by atoms with Crippen LogP contribution in [0.3, 0.4) is 0 Å². The molecule has 0 heterocycles. The quantitative estimate of drug-likeness (QED) is 0.364. The Morgan fingerprint density at radius 1 is 0.929 bits per heavy atom. The first kappa shape index (κ1) is 13.8. The van der Waals surface area contributed by atoms with E-state index in [4.69, 9.17) is 5.11 Å². The Hall–Kier alpha value is -0.200. The molecular formula is C9H20O5. The summed E-state index contributed by atoms with van der Waals surface area (Å²) in [6.07, 6.45) is -4.84. The lowest BCUT2D eigenvalue weighted by atomic mass is 9.94. The van der Waals surface area contributed by atoms with Gasteiger partial charge in [0.1, 0.15) is 12.2 Å². The molecule has 0 saturated heterocycles. The third-order valence-electron chi connectivity index (χ3n) is 2.38. The monoisotopic (exact) mass is 208 g/mol. The van der Waals surface area contributed by atoms with Gasteiger partial charge in [0.05, 0.1) is 12.2 Å². The van der Waals surface area contributed by atoms with Crippen molar-refractivity contribution in [3.63, 3.8) is 0 Å². The number of aliphatic hydroxyl groups is 5. The van der Waals surface area contributed by atoms with Gasteiger partial charge in [-0.1, -0.05) is 13.8 Å². The van der Waals surface area contributed by atoms with E-state index >= 15 is 0 Å². The zero-order valence-corrected chi connectivity index (χ0v) is 8.54. The van der Waals surface area contributed by atoms with E-state index in [-0.39, 0.29) is 6.61 Å². The maximum Gasteiger partial charge on any atom is 0.109 e. The molecule has 0 aliphatic heterocycles. The fourth-order valence-electron chi connectivity index (χ4n) is 1.12. The Morgan fingerprint density at radius 2 is 1.43 bits per heavy atom. The van der Waals surface area contributed by atoms with Crippen molar-refractivity contribution in [3.8, 4) is 0 Å². The summed E-state index contributed by atoms with van der Waals surface area (Å²) in [5.41, 5.74) is 0. The fourth-order valence-corrected chi connectivity index (χ4v) is 1.12. The van der Waals surface area contributed by atoms with E-state index in [1.54, 1.807) is 13.8 Å². The predicted octanol–water partition coefficient (Wildman–Crippen LogP) is -1.53. The van der Waals surface area contributed by atoms with E-state index in [2.05, 4.69) is 0 Å². The Balaban J connectivity index is 4.22. The maximum absolute atomic E-state index is 9.42. The van der Waals surface area contributed by atoms with Gasteiger partial charge in [-0.2, -0.15) is 0 Å². The standard InChI is InChI=1S/C9H20O5/c1-3-6(11)8(13)9(14)7(12)5(2)4-10/h5-14H,3-4H2,1-2H3/t5?,6-,7-,8?,9?/m0/s1. The van der Waals surface area contributed by atoms with Crippen molar-refractivity contribution >= 4 is 0 Å². The molecule has 5 atom stereocenters. The van der Waals surface area contributed by atoms with Gasteiger partial charge in [-0.15, -0.1) is 0 Å². The lowest BCUT2D eigenvalue weighted by molar-refractivity contribution is -0.121. The van der Waals surface area contributed by atoms with Gasteiger partial charge in [0, 0.05) is 12.5 Å². The van der Waals surface area contributed by atoms with Crippen LogP contribution in [0.1, 0.15) is 20.3 Å². The number of rotatable bonds is 6. The fraction of sp³-hybridized carbons (Fsp3) is 1.00. The van der Waals surface area contributed by atoms with Gasteiger partial charge in [-0.3, -0.25) is 0 Å². The van der Waals surface area contributed by atoms with Crippen LogP contribution in [0.5, 0.6) is 0 Å². The Bertz CT molecular complexity index is 136. The summed E-state index contributed by atoms with van der Waals surface area (Å²) in [5, 5.41) is 46.1. The van der Waals surface area contributed by atoms with Crippen molar-refractivity contribution < 1.29 is 25.5 Å². The summed E-state index contributed by atoms with van der Waals surface area (Å²) in [6, 6.07) is 0. The summed E-state index contributed by atoms with van der Waals surface area (Å²) in [4.78, 5) is 0. The molecule has 5 nitrogen and oxygen atoms in total. The summed E-state index contributed by atoms with van der Waals surface area (Å²) < 4.78 is 0. The zero-order valence-electron chi connectivity index (χ0n) is 8.54. The van der Waals surface area contributed by atoms with E-state index in [1.165, 1.54) is 0 Å². The highest BCUT2D eigenvalue weighted by Gasteiger charge is 2.32. The second-order valence-electron chi connectivity index (χ2n) is 3.61. The lowest BCUT2D eigenvalue weighted by Gasteiger charge is -2.28. The summed E-state index contributed by atoms with van der Waals surface area (Å²) in [5.74, 6) is -0.538. The molecule has 5 N–H and O–H groups in total. The first-order chi connectivity index (χ1) is 6.45. The molecule has 0 aromatic heterocycles. The van der Waals surface area contributed by atoms with E-state index < -0.39 is 30.3 Å². The lowest BCUT2D eigenvalue weighted by Crippen LogP contribution is -2.47. The number of hydrogen-bond donors (Lipinski definition) is 5. The topological polar surface area (TPSA) is 101 Å². The molecule has 0 amide bonds. The first-order valence-electron chi connectivity index (χ1n) is 4.78. The van der Waals surface area contributed by atoms with Crippen LogP contribution >= 0.6 is 0 Å². The SMILES string of the molecule is CC[C@H](O)C(O)C(O)[C@@H](O)C(C)CO. The highest BCUT2D eigenvalue weighted by Crippen LogP contribution is 2.13. The number of hydrogen-bond acceptors (Lipinski definition) is 5. The van der Waals surface area contributed by atoms with Crippen molar-refractivity contribution in [3.05, 3.63) is 0 Å². The van der Waals surface area contributed by atoms with Crippen molar-refractivity contribution in [1.82, 2.24) is 0 Å². The zero-order chi connectivity index (χ0) is 11.3. The third kappa shape index (κ3) is 3.51. The molecule has 0 saturated carbocycles. The smallest absolute Gasteiger partial charge is 0.109 e. The molecule has 0 fully saturated rings. The van der Waals surface area contributed by atoms with Crippen molar-refractivity contribution in [2.24, 2.45) is 5.92 Å². The van der Waals surface area contributed by atoms with Crippen LogP contribution in [0.4, 0.5) is 0 Å². The van der Waals surface area contributed by atoms with Gasteiger partial charge in [-0.05, 0) is 6.42 Å². The molecule has 0 aromatic rings. The molecule has 0 spiro atoms. The van der Waals surface area contributed by atoms with Gasteiger partial charge < -0.3 is 25.5 Å². The minimum absolute atomic E-state index is 0.285. The van der Waals surface area contributed by atoms with Gasteiger partial charge in [0.2, 0.25) is 0 Å². The summed E-state index contributed by atoms with van der Waals surface area (Å²) in [6.45, 7) is 2.91. The maximum atomic E-state index is 9.42. The molecule has 0 aliphatic rings. The normalized spacial score (nSPS) is 22.5. The Kier molecular flexibility index (Phi) is 6.22. The van der Waals surface area contributed by atoms with E-state index in [0.29, 0.717) is 6.42 Å². The molecule has 86 valence electrons. The molecule has 0 aliphatic carbocycles. The molecule has 5 heteroatoms. The van der Waals surface area contributed by atoms with Gasteiger partial charge >= 0.3 is 0 Å². The van der Waals surface area contributed by atoms with Crippen molar-refractivity contribution in [2.45, 2.75) is 44.7 Å². The van der Waals surface area contributed by atoms with Crippen molar-refractivity contribution in [1.29, 1.82) is 0 Å². The minimum atomic E-state index is -1.44. The van der Waals surface area contributed by atoms with Crippen LogP contribution in [0.25, 0.3) is 0 Å². The highest BCUT2D eigenvalue weighted by molar-refractivity contribution is 4.82. The number of aliphatic hydroxyl groups excluding tert-OH is 5. The van der Waals surface area contributed by atoms with Gasteiger partial charge in [0.25, 0.3) is 0 Å². The van der Waals surface area contributed by atoms with Crippen LogP contribution in [-0.2, 0) is 0 Å². The average molecular weight is 208 g/mol. The highest BCUT2D eigenvalue weighted by atomic mass is 16.4. The van der Waals surface area contributed by atoms with Crippen molar-refractivity contribution in [2.75, 3.05) is 6.61 Å². The van der Waals surface area contributed by atoms with Crippen LogP contribution in [0.2, 0.25) is 0 Å². The third-order valence-corrected chi connectivity index (χ3v) is 2.38. The van der Waals surface area contributed by atoms with Gasteiger partial charge in [0.15, 0.2) is 0 Å². The molecule has 0 aromatic carbocycles. The summed E-state index contributed by atoms with van der Waals surface area (Å²) in [7, 11) is 0. The van der Waals surface area contributed by atoms with E-state index in [9.17, 15) is 20.4 Å². The second kappa shape index (κ2) is 6.31. The van der Waals surface area contributed by atoms with Crippen LogP contribution in [-0.4, -0.2) is 56.6 Å². The molecule has 3 unspecified atom stereocenters. The molecule has 14 heavy (non-hydrogen) atoms. The van der Waals surface area contributed by atoms with Crippen LogP contribution in [0.15, 0.2) is 0 Å². The van der Waals surface area contributed by atoms with Crippen LogP contribution < -0.4 is 0 Å². The second-order valence-corrected chi connectivity index (χ2v) is 3.61.